The summed E-state index contributed by atoms with van der Waals surface area (Å²) in [6, 6.07) is 10.7. The Hall–Kier alpha value is -2.66. The third-order valence-corrected chi connectivity index (χ3v) is 4.22. The molecule has 5 nitrogen and oxygen atoms in total. The molecule has 0 aliphatic carbocycles. The van der Waals surface area contributed by atoms with Gasteiger partial charge in [0.2, 0.25) is 0 Å². The lowest BCUT2D eigenvalue weighted by atomic mass is 10.1. The van der Waals surface area contributed by atoms with E-state index in [0.717, 1.165) is 16.7 Å². The van der Waals surface area contributed by atoms with Crippen molar-refractivity contribution in [1.82, 2.24) is 14.8 Å². The number of nitrogens with zero attached hydrogens (tertiary/aromatic N) is 3. The number of ether oxygens (including phenoxy) is 1. The van der Waals surface area contributed by atoms with Gasteiger partial charge in [-0.3, -0.25) is 0 Å². The highest BCUT2D eigenvalue weighted by molar-refractivity contribution is 6.32. The summed E-state index contributed by atoms with van der Waals surface area (Å²) >= 11 is 6.13. The van der Waals surface area contributed by atoms with Crippen molar-refractivity contribution in [2.45, 2.75) is 20.4 Å². The first-order valence-corrected chi connectivity index (χ1v) is 7.81. The zero-order valence-corrected chi connectivity index (χ0v) is 14.1. The molecule has 0 amide bonds. The van der Waals surface area contributed by atoms with Gasteiger partial charge in [-0.2, -0.15) is 5.10 Å². The smallest absolute Gasteiger partial charge is 0.343 e. The molecule has 0 aliphatic rings. The summed E-state index contributed by atoms with van der Waals surface area (Å²) in [5, 5.41) is 4.74. The molecule has 0 unspecified atom stereocenters. The first-order valence-electron chi connectivity index (χ1n) is 7.43. The van der Waals surface area contributed by atoms with Crippen LogP contribution in [0.5, 0.6) is 5.75 Å². The molecule has 0 saturated heterocycles. The minimum atomic E-state index is -0.400. The topological polar surface area (TPSA) is 57.0 Å². The second kappa shape index (κ2) is 6.84. The number of carbonyl (C=O) groups excluding carboxylic acids is 1. The van der Waals surface area contributed by atoms with Gasteiger partial charge in [0.25, 0.3) is 0 Å². The van der Waals surface area contributed by atoms with Crippen molar-refractivity contribution >= 4 is 17.6 Å². The van der Waals surface area contributed by atoms with Crippen LogP contribution in [-0.2, 0) is 6.54 Å². The van der Waals surface area contributed by atoms with Crippen molar-refractivity contribution in [2.75, 3.05) is 0 Å². The molecular weight excluding hydrogens is 326 g/mol. The van der Waals surface area contributed by atoms with E-state index in [1.54, 1.807) is 35.3 Å². The van der Waals surface area contributed by atoms with Gasteiger partial charge in [-0.1, -0.05) is 23.7 Å². The van der Waals surface area contributed by atoms with E-state index in [1.807, 2.05) is 26.0 Å². The van der Waals surface area contributed by atoms with Gasteiger partial charge in [-0.25, -0.2) is 14.5 Å². The Labute approximate surface area is 144 Å². The van der Waals surface area contributed by atoms with Crippen LogP contribution in [0, 0.1) is 13.8 Å². The van der Waals surface area contributed by atoms with E-state index in [0.29, 0.717) is 22.9 Å². The fraction of sp³-hybridized carbons (Fsp3) is 0.167. The summed E-state index contributed by atoms with van der Waals surface area (Å²) in [4.78, 5) is 16.2. The zero-order valence-electron chi connectivity index (χ0n) is 13.4. The monoisotopic (exact) mass is 341 g/mol. The molecule has 1 aromatic heterocycles. The van der Waals surface area contributed by atoms with Crippen LogP contribution in [0.15, 0.2) is 49.1 Å². The Bertz CT molecular complexity index is 835. The minimum absolute atomic E-state index is 0.400. The molecule has 0 bridgehead atoms. The van der Waals surface area contributed by atoms with Crippen molar-refractivity contribution in [1.29, 1.82) is 0 Å². The average molecular weight is 342 g/mol. The summed E-state index contributed by atoms with van der Waals surface area (Å²) in [5.74, 6) is 0.0921. The lowest BCUT2D eigenvalue weighted by molar-refractivity contribution is 0.0734. The Morgan fingerprint density at radius 1 is 1.17 bits per heavy atom. The van der Waals surface area contributed by atoms with Gasteiger partial charge in [-0.15, -0.1) is 0 Å². The number of hydrogen-bond acceptors (Lipinski definition) is 4. The normalized spacial score (nSPS) is 10.6. The van der Waals surface area contributed by atoms with Crippen LogP contribution in [0.4, 0.5) is 0 Å². The van der Waals surface area contributed by atoms with Crippen LogP contribution in [0.1, 0.15) is 27.0 Å². The number of carbonyl (C=O) groups is 1. The number of aromatic nitrogens is 3. The van der Waals surface area contributed by atoms with Crippen molar-refractivity contribution in [3.05, 3.63) is 76.3 Å². The molecule has 0 N–H and O–H groups in total. The van der Waals surface area contributed by atoms with Crippen LogP contribution in [0.3, 0.4) is 0 Å². The Morgan fingerprint density at radius 3 is 2.42 bits per heavy atom. The van der Waals surface area contributed by atoms with Crippen LogP contribution < -0.4 is 4.74 Å². The maximum atomic E-state index is 12.3. The van der Waals surface area contributed by atoms with Crippen LogP contribution in [0.25, 0.3) is 0 Å². The Morgan fingerprint density at radius 2 is 1.83 bits per heavy atom. The summed E-state index contributed by atoms with van der Waals surface area (Å²) < 4.78 is 7.15. The molecule has 3 rings (SSSR count). The highest BCUT2D eigenvalue weighted by Crippen LogP contribution is 2.26. The van der Waals surface area contributed by atoms with Gasteiger partial charge < -0.3 is 4.74 Å². The van der Waals surface area contributed by atoms with Gasteiger partial charge >= 0.3 is 5.97 Å². The number of aryl methyl sites for hydroxylation is 2. The van der Waals surface area contributed by atoms with Gasteiger partial charge in [0, 0.05) is 5.02 Å². The maximum Gasteiger partial charge on any atom is 0.343 e. The van der Waals surface area contributed by atoms with E-state index >= 15 is 0 Å². The van der Waals surface area contributed by atoms with Gasteiger partial charge in [0.05, 0.1) is 12.1 Å². The minimum Gasteiger partial charge on any atom is -0.423 e. The second-order valence-electron chi connectivity index (χ2n) is 5.55. The van der Waals surface area contributed by atoms with Crippen LogP contribution >= 0.6 is 11.6 Å². The van der Waals surface area contributed by atoms with Crippen molar-refractivity contribution in [3.8, 4) is 5.75 Å². The first-order chi connectivity index (χ1) is 11.5. The molecule has 2 aromatic carbocycles. The third-order valence-electron chi connectivity index (χ3n) is 3.62. The van der Waals surface area contributed by atoms with Gasteiger partial charge in [-0.05, 0) is 54.8 Å². The van der Waals surface area contributed by atoms with E-state index in [2.05, 4.69) is 10.1 Å². The molecular formula is C18H16ClN3O2. The van der Waals surface area contributed by atoms with Crippen molar-refractivity contribution in [2.24, 2.45) is 0 Å². The summed E-state index contributed by atoms with van der Waals surface area (Å²) in [5.41, 5.74) is 3.27. The lowest BCUT2D eigenvalue weighted by Crippen LogP contribution is -2.09. The Balaban J connectivity index is 1.71. The van der Waals surface area contributed by atoms with Gasteiger partial charge in [0.15, 0.2) is 0 Å². The zero-order chi connectivity index (χ0) is 17.1. The SMILES string of the molecule is Cc1cc(OC(=O)c2ccc(Cn3cncn3)cc2)cc(C)c1Cl. The highest BCUT2D eigenvalue weighted by Gasteiger charge is 2.11. The number of esters is 1. The predicted molar refractivity (Wildman–Crippen MR) is 91.5 cm³/mol. The van der Waals surface area contributed by atoms with E-state index in [1.165, 1.54) is 6.33 Å². The molecule has 6 heteroatoms. The lowest BCUT2D eigenvalue weighted by Gasteiger charge is -2.09. The molecule has 122 valence electrons. The molecule has 1 heterocycles. The summed E-state index contributed by atoms with van der Waals surface area (Å²) in [6.45, 7) is 4.36. The predicted octanol–water partition coefficient (Wildman–Crippen LogP) is 3.82. The maximum absolute atomic E-state index is 12.3. The fourth-order valence-corrected chi connectivity index (χ4v) is 2.49. The van der Waals surface area contributed by atoms with Crippen molar-refractivity contribution in [3.63, 3.8) is 0 Å². The second-order valence-corrected chi connectivity index (χ2v) is 5.93. The van der Waals surface area contributed by atoms with Crippen LogP contribution in [-0.4, -0.2) is 20.7 Å². The largest absolute Gasteiger partial charge is 0.423 e. The molecule has 0 aliphatic heterocycles. The average Bonchev–Trinajstić information content (AvgIpc) is 3.06. The van der Waals surface area contributed by atoms with E-state index < -0.39 is 5.97 Å². The van der Waals surface area contributed by atoms with Gasteiger partial charge in [0.1, 0.15) is 18.4 Å². The number of benzene rings is 2. The molecule has 0 radical (unpaired) electrons. The molecule has 0 atom stereocenters. The quantitative estimate of drug-likeness (QED) is 0.534. The summed E-state index contributed by atoms with van der Waals surface area (Å²) in [6.07, 6.45) is 3.13. The number of rotatable bonds is 4. The van der Waals surface area contributed by atoms with E-state index in [4.69, 9.17) is 16.3 Å². The number of halogens is 1. The van der Waals surface area contributed by atoms with Crippen molar-refractivity contribution < 1.29 is 9.53 Å². The Kier molecular flexibility index (Phi) is 4.62. The van der Waals surface area contributed by atoms with Crippen LogP contribution in [0.2, 0.25) is 5.02 Å². The number of hydrogen-bond donors (Lipinski definition) is 0. The molecule has 0 saturated carbocycles. The summed E-state index contributed by atoms with van der Waals surface area (Å²) in [7, 11) is 0. The van der Waals surface area contributed by atoms with E-state index in [9.17, 15) is 4.79 Å². The molecule has 24 heavy (non-hydrogen) atoms. The third kappa shape index (κ3) is 3.63. The molecule has 0 spiro atoms. The standard InChI is InChI=1S/C18H16ClN3O2/c1-12-7-16(8-13(2)17(12)19)24-18(23)15-5-3-14(4-6-15)9-22-11-20-10-21-22/h3-8,10-11H,9H2,1-2H3. The highest BCUT2D eigenvalue weighted by atomic mass is 35.5. The first kappa shape index (κ1) is 16.2. The molecule has 3 aromatic rings. The fourth-order valence-electron chi connectivity index (χ4n) is 2.38. The molecule has 0 fully saturated rings. The van der Waals surface area contributed by atoms with E-state index in [-0.39, 0.29) is 0 Å².